The van der Waals surface area contributed by atoms with Gasteiger partial charge in [0.2, 0.25) is 0 Å². The Labute approximate surface area is 200 Å². The third-order valence-corrected chi connectivity index (χ3v) is 6.10. The summed E-state index contributed by atoms with van der Waals surface area (Å²) in [6.45, 7) is 2.34. The zero-order valence-corrected chi connectivity index (χ0v) is 18.7. The van der Waals surface area contributed by atoms with Crippen LogP contribution in [0.25, 0.3) is 16.9 Å². The number of morpholine rings is 1. The number of carbonyl (C=O) groups excluding carboxylic acids is 1. The van der Waals surface area contributed by atoms with E-state index in [1.54, 1.807) is 21.8 Å². The van der Waals surface area contributed by atoms with Crippen LogP contribution in [0.5, 0.6) is 0 Å². The standard InChI is InChI=1S/C26H21FN6O2/c27-21-15-19-9-10-28-25(19)30-23(21)6-5-20-16-29-24-8-7-22(31-33(20)24)17-1-3-18(4-2-17)26(34)32-11-13-35-14-12-32/h1-4,7-10,15-16,25,28,30H,11-14H2. The molecule has 3 aromatic rings. The number of dihydropyridines is 1. The molecule has 1 saturated heterocycles. The van der Waals surface area contributed by atoms with Gasteiger partial charge >= 0.3 is 0 Å². The van der Waals surface area contributed by atoms with Crippen molar-refractivity contribution in [2.45, 2.75) is 6.17 Å². The minimum atomic E-state index is -0.411. The molecule has 0 spiro atoms. The summed E-state index contributed by atoms with van der Waals surface area (Å²) in [5, 5.41) is 10.8. The number of imidazole rings is 1. The van der Waals surface area contributed by atoms with Gasteiger partial charge in [-0.25, -0.2) is 13.9 Å². The Bertz CT molecular complexity index is 1470. The van der Waals surface area contributed by atoms with Crippen molar-refractivity contribution in [1.29, 1.82) is 0 Å². The van der Waals surface area contributed by atoms with Gasteiger partial charge in [-0.15, -0.1) is 0 Å². The quantitative estimate of drug-likeness (QED) is 0.562. The van der Waals surface area contributed by atoms with Gasteiger partial charge in [-0.2, -0.15) is 5.10 Å². The molecular formula is C26H21FN6O2. The number of halogens is 1. The van der Waals surface area contributed by atoms with E-state index in [1.165, 1.54) is 6.08 Å². The van der Waals surface area contributed by atoms with E-state index in [-0.39, 0.29) is 17.8 Å². The van der Waals surface area contributed by atoms with Crippen molar-refractivity contribution >= 4 is 11.6 Å². The number of fused-ring (bicyclic) bond motifs is 2. The van der Waals surface area contributed by atoms with E-state index in [1.807, 2.05) is 42.5 Å². The summed E-state index contributed by atoms with van der Waals surface area (Å²) in [7, 11) is 0. The SMILES string of the molecule is O=C(c1ccc(-c2ccc3ncc(C#CC4=C(F)C=C5C=CNC5N4)n3n2)cc1)N1CCOCC1. The number of carbonyl (C=O) groups is 1. The fourth-order valence-electron chi connectivity index (χ4n) is 4.19. The third-order valence-electron chi connectivity index (χ3n) is 6.10. The molecule has 0 saturated carbocycles. The molecule has 3 aliphatic rings. The van der Waals surface area contributed by atoms with Gasteiger partial charge in [-0.3, -0.25) is 4.79 Å². The molecule has 3 aliphatic heterocycles. The van der Waals surface area contributed by atoms with Crippen molar-refractivity contribution in [2.75, 3.05) is 26.3 Å². The van der Waals surface area contributed by atoms with Crippen LogP contribution in [-0.2, 0) is 4.74 Å². The first-order valence-electron chi connectivity index (χ1n) is 11.3. The first-order chi connectivity index (χ1) is 17.2. The molecule has 2 N–H and O–H groups in total. The second-order valence-electron chi connectivity index (χ2n) is 8.31. The lowest BCUT2D eigenvalue weighted by molar-refractivity contribution is 0.0303. The highest BCUT2D eigenvalue weighted by molar-refractivity contribution is 5.94. The first kappa shape index (κ1) is 21.1. The third kappa shape index (κ3) is 4.05. The molecule has 2 aromatic heterocycles. The molecule has 174 valence electrons. The van der Waals surface area contributed by atoms with Gasteiger partial charge < -0.3 is 20.3 Å². The van der Waals surface area contributed by atoms with E-state index < -0.39 is 5.83 Å². The molecule has 0 bridgehead atoms. The number of ether oxygens (including phenoxy) is 1. The number of benzene rings is 1. The molecule has 1 aromatic carbocycles. The fraction of sp³-hybridized carbons (Fsp3) is 0.192. The van der Waals surface area contributed by atoms with Gasteiger partial charge in [0.05, 0.1) is 25.1 Å². The van der Waals surface area contributed by atoms with Crippen LogP contribution in [0.2, 0.25) is 0 Å². The normalized spacial score (nSPS) is 18.9. The van der Waals surface area contributed by atoms with E-state index in [2.05, 4.69) is 32.6 Å². The van der Waals surface area contributed by atoms with Crippen molar-refractivity contribution < 1.29 is 13.9 Å². The molecule has 1 atom stereocenters. The molecule has 1 fully saturated rings. The smallest absolute Gasteiger partial charge is 0.254 e. The number of nitrogens with zero attached hydrogens (tertiary/aromatic N) is 4. The largest absolute Gasteiger partial charge is 0.378 e. The summed E-state index contributed by atoms with van der Waals surface area (Å²) in [5.41, 5.74) is 4.40. The van der Waals surface area contributed by atoms with E-state index in [4.69, 9.17) is 4.74 Å². The van der Waals surface area contributed by atoms with E-state index in [0.717, 1.165) is 11.1 Å². The zero-order chi connectivity index (χ0) is 23.8. The molecule has 8 nitrogen and oxygen atoms in total. The van der Waals surface area contributed by atoms with Crippen molar-refractivity contribution in [1.82, 2.24) is 30.1 Å². The molecule has 0 aliphatic carbocycles. The number of allylic oxidation sites excluding steroid dienone is 3. The molecule has 1 unspecified atom stereocenters. The summed E-state index contributed by atoms with van der Waals surface area (Å²) in [6.07, 6.45) is 6.50. The average Bonchev–Trinajstić information content (AvgIpc) is 3.53. The van der Waals surface area contributed by atoms with Gasteiger partial charge in [0, 0.05) is 24.2 Å². The Hall–Kier alpha value is -4.42. The minimum absolute atomic E-state index is 0.00107. The molecule has 35 heavy (non-hydrogen) atoms. The lowest BCUT2D eigenvalue weighted by Gasteiger charge is -2.26. The summed E-state index contributed by atoms with van der Waals surface area (Å²) in [5.74, 6) is 5.43. The number of amides is 1. The maximum absolute atomic E-state index is 14.4. The summed E-state index contributed by atoms with van der Waals surface area (Å²) < 4.78 is 21.4. The molecule has 6 rings (SSSR count). The van der Waals surface area contributed by atoms with Crippen LogP contribution in [0, 0.1) is 11.8 Å². The first-order valence-corrected chi connectivity index (χ1v) is 11.3. The fourth-order valence-corrected chi connectivity index (χ4v) is 4.19. The van der Waals surface area contributed by atoms with Crippen molar-refractivity contribution in [3.63, 3.8) is 0 Å². The van der Waals surface area contributed by atoms with Crippen molar-refractivity contribution in [3.05, 3.63) is 89.3 Å². The monoisotopic (exact) mass is 468 g/mol. The molecule has 0 radical (unpaired) electrons. The van der Waals surface area contributed by atoms with E-state index >= 15 is 0 Å². The predicted molar refractivity (Wildman–Crippen MR) is 127 cm³/mol. The molecule has 5 heterocycles. The van der Waals surface area contributed by atoms with Gasteiger partial charge in [-0.1, -0.05) is 12.1 Å². The van der Waals surface area contributed by atoms with Crippen molar-refractivity contribution in [3.8, 4) is 23.1 Å². The molecular weight excluding hydrogens is 447 g/mol. The lowest BCUT2D eigenvalue weighted by Crippen LogP contribution is -2.40. The Balaban J connectivity index is 1.26. The van der Waals surface area contributed by atoms with Gasteiger partial charge in [0.25, 0.3) is 5.91 Å². The molecule has 9 heteroatoms. The van der Waals surface area contributed by atoms with Gasteiger partial charge in [-0.05, 0) is 60.0 Å². The maximum atomic E-state index is 14.4. The van der Waals surface area contributed by atoms with E-state index in [0.29, 0.717) is 48.9 Å². The number of nitrogens with one attached hydrogen (secondary N) is 2. The second-order valence-corrected chi connectivity index (χ2v) is 8.31. The highest BCUT2D eigenvalue weighted by Gasteiger charge is 2.22. The molecule has 1 amide bonds. The van der Waals surface area contributed by atoms with Crippen LogP contribution >= 0.6 is 0 Å². The predicted octanol–water partition coefficient (Wildman–Crippen LogP) is 2.37. The highest BCUT2D eigenvalue weighted by Crippen LogP contribution is 2.22. The number of aromatic nitrogens is 3. The van der Waals surface area contributed by atoms with E-state index in [9.17, 15) is 9.18 Å². The zero-order valence-electron chi connectivity index (χ0n) is 18.7. The van der Waals surface area contributed by atoms with Crippen LogP contribution in [0.1, 0.15) is 16.1 Å². The highest BCUT2D eigenvalue weighted by atomic mass is 19.1. The lowest BCUT2D eigenvalue weighted by atomic mass is 10.1. The topological polar surface area (TPSA) is 83.8 Å². The minimum Gasteiger partial charge on any atom is -0.378 e. The summed E-state index contributed by atoms with van der Waals surface area (Å²) >= 11 is 0. The number of hydrogen-bond acceptors (Lipinski definition) is 6. The second kappa shape index (κ2) is 8.74. The van der Waals surface area contributed by atoms with Crippen LogP contribution in [0.15, 0.2) is 78.0 Å². The van der Waals surface area contributed by atoms with Crippen LogP contribution in [0.3, 0.4) is 0 Å². The Morgan fingerprint density at radius 3 is 2.77 bits per heavy atom. The van der Waals surface area contributed by atoms with Gasteiger partial charge in [0.1, 0.15) is 17.6 Å². The van der Waals surface area contributed by atoms with Crippen LogP contribution in [-0.4, -0.2) is 57.9 Å². The Morgan fingerprint density at radius 1 is 1.11 bits per heavy atom. The van der Waals surface area contributed by atoms with Gasteiger partial charge in [0.15, 0.2) is 11.5 Å². The Kier molecular flexibility index (Phi) is 5.28. The van der Waals surface area contributed by atoms with Crippen molar-refractivity contribution in [2.24, 2.45) is 0 Å². The van der Waals surface area contributed by atoms with Crippen LogP contribution in [0.4, 0.5) is 4.39 Å². The Morgan fingerprint density at radius 2 is 1.94 bits per heavy atom. The number of rotatable bonds is 2. The number of hydrogen-bond donors (Lipinski definition) is 2. The average molecular weight is 468 g/mol. The van der Waals surface area contributed by atoms with Crippen LogP contribution < -0.4 is 10.6 Å². The summed E-state index contributed by atoms with van der Waals surface area (Å²) in [4.78, 5) is 18.9. The summed E-state index contributed by atoms with van der Waals surface area (Å²) in [6, 6.07) is 11.1. The maximum Gasteiger partial charge on any atom is 0.254 e.